The Morgan fingerprint density at radius 2 is 2.12 bits per heavy atom. The summed E-state index contributed by atoms with van der Waals surface area (Å²) in [5.74, 6) is 0.329. The third kappa shape index (κ3) is 3.78. The molecule has 0 bridgehead atoms. The van der Waals surface area contributed by atoms with Crippen molar-refractivity contribution in [3.05, 3.63) is 0 Å². The van der Waals surface area contributed by atoms with Gasteiger partial charge in [-0.05, 0) is 44.6 Å². The van der Waals surface area contributed by atoms with Gasteiger partial charge in [-0.1, -0.05) is 13.8 Å². The maximum absolute atomic E-state index is 12.0. The molecule has 1 aliphatic rings. The van der Waals surface area contributed by atoms with Crippen LogP contribution in [0.2, 0.25) is 0 Å². The van der Waals surface area contributed by atoms with E-state index < -0.39 is 0 Å². The molecule has 0 saturated carbocycles. The normalized spacial score (nSPS) is 21.5. The second kappa shape index (κ2) is 5.67. The maximum atomic E-state index is 12.0. The van der Waals surface area contributed by atoms with E-state index in [4.69, 9.17) is 5.73 Å². The van der Waals surface area contributed by atoms with E-state index >= 15 is 0 Å². The number of likely N-dealkylation sites (tertiary alicyclic amines) is 1. The Morgan fingerprint density at radius 3 is 2.62 bits per heavy atom. The summed E-state index contributed by atoms with van der Waals surface area (Å²) in [7, 11) is 0. The van der Waals surface area contributed by atoms with Crippen molar-refractivity contribution < 1.29 is 4.79 Å². The summed E-state index contributed by atoms with van der Waals surface area (Å²) in [6, 6.07) is 0.449. The van der Waals surface area contributed by atoms with Crippen molar-refractivity contribution in [3.8, 4) is 0 Å². The zero-order valence-corrected chi connectivity index (χ0v) is 11.0. The minimum atomic E-state index is 0.202. The minimum absolute atomic E-state index is 0.202. The van der Waals surface area contributed by atoms with E-state index in [1.807, 2.05) is 4.90 Å². The average molecular weight is 226 g/mol. The van der Waals surface area contributed by atoms with E-state index in [0.717, 1.165) is 25.8 Å². The van der Waals surface area contributed by atoms with Crippen LogP contribution in [-0.2, 0) is 4.79 Å². The molecule has 1 amide bonds. The average Bonchev–Trinajstić information content (AvgIpc) is 2.61. The molecular weight excluding hydrogens is 200 g/mol. The van der Waals surface area contributed by atoms with Crippen LogP contribution in [0.4, 0.5) is 0 Å². The molecule has 0 aromatic carbocycles. The molecule has 0 aromatic heterocycles. The molecule has 94 valence electrons. The molecule has 0 spiro atoms. The molecule has 1 fully saturated rings. The SMILES string of the molecule is CC1CCCN1C(=O)CCC(C)(C)CCN. The Morgan fingerprint density at radius 1 is 1.44 bits per heavy atom. The van der Waals surface area contributed by atoms with Crippen molar-refractivity contribution in [2.75, 3.05) is 13.1 Å². The van der Waals surface area contributed by atoms with Crippen LogP contribution in [-0.4, -0.2) is 29.9 Å². The number of nitrogens with two attached hydrogens (primary N) is 1. The van der Waals surface area contributed by atoms with Gasteiger partial charge < -0.3 is 10.6 Å². The zero-order valence-electron chi connectivity index (χ0n) is 11.0. The number of amides is 1. The summed E-state index contributed by atoms with van der Waals surface area (Å²) in [6.45, 7) is 8.20. The van der Waals surface area contributed by atoms with Crippen molar-refractivity contribution in [2.24, 2.45) is 11.1 Å². The highest BCUT2D eigenvalue weighted by Gasteiger charge is 2.26. The quantitative estimate of drug-likeness (QED) is 0.781. The van der Waals surface area contributed by atoms with Gasteiger partial charge in [0.2, 0.25) is 5.91 Å². The lowest BCUT2D eigenvalue weighted by Crippen LogP contribution is -2.34. The fraction of sp³-hybridized carbons (Fsp3) is 0.923. The fourth-order valence-corrected chi connectivity index (χ4v) is 2.41. The van der Waals surface area contributed by atoms with Gasteiger partial charge in [0.1, 0.15) is 0 Å². The molecule has 16 heavy (non-hydrogen) atoms. The van der Waals surface area contributed by atoms with Gasteiger partial charge in [0.25, 0.3) is 0 Å². The number of nitrogens with zero attached hydrogens (tertiary/aromatic N) is 1. The molecule has 1 atom stereocenters. The van der Waals surface area contributed by atoms with E-state index in [2.05, 4.69) is 20.8 Å². The molecule has 0 radical (unpaired) electrons. The second-order valence-corrected chi connectivity index (χ2v) is 5.78. The Hall–Kier alpha value is -0.570. The monoisotopic (exact) mass is 226 g/mol. The predicted octanol–water partition coefficient (Wildman–Crippen LogP) is 2.15. The van der Waals surface area contributed by atoms with Crippen LogP contribution < -0.4 is 5.73 Å². The van der Waals surface area contributed by atoms with Gasteiger partial charge in [-0.3, -0.25) is 4.79 Å². The second-order valence-electron chi connectivity index (χ2n) is 5.78. The molecule has 1 unspecified atom stereocenters. The highest BCUT2D eigenvalue weighted by molar-refractivity contribution is 5.76. The summed E-state index contributed by atoms with van der Waals surface area (Å²) in [6.07, 6.45) is 4.95. The third-order valence-electron chi connectivity index (χ3n) is 3.71. The van der Waals surface area contributed by atoms with Crippen molar-refractivity contribution in [2.45, 2.75) is 58.9 Å². The van der Waals surface area contributed by atoms with Crippen LogP contribution in [0.25, 0.3) is 0 Å². The first kappa shape index (κ1) is 13.5. The first-order valence-corrected chi connectivity index (χ1v) is 6.46. The standard InChI is InChI=1S/C13H26N2O/c1-11-5-4-10-15(11)12(16)6-7-13(2,3)8-9-14/h11H,4-10,14H2,1-3H3. The number of rotatable bonds is 5. The van der Waals surface area contributed by atoms with Gasteiger partial charge in [-0.25, -0.2) is 0 Å². The molecule has 1 rings (SSSR count). The van der Waals surface area contributed by atoms with Gasteiger partial charge in [0.15, 0.2) is 0 Å². The minimum Gasteiger partial charge on any atom is -0.340 e. The number of hydrogen-bond acceptors (Lipinski definition) is 2. The number of carbonyl (C=O) groups is 1. The molecular formula is C13H26N2O. The Kier molecular flexibility index (Phi) is 4.78. The van der Waals surface area contributed by atoms with Gasteiger partial charge in [-0.15, -0.1) is 0 Å². The van der Waals surface area contributed by atoms with Crippen LogP contribution >= 0.6 is 0 Å². The fourth-order valence-electron chi connectivity index (χ4n) is 2.41. The van der Waals surface area contributed by atoms with Gasteiger partial charge in [0.05, 0.1) is 0 Å². The lowest BCUT2D eigenvalue weighted by Gasteiger charge is -2.26. The molecule has 2 N–H and O–H groups in total. The molecule has 1 saturated heterocycles. The molecule has 3 nitrogen and oxygen atoms in total. The van der Waals surface area contributed by atoms with Crippen LogP contribution in [0.15, 0.2) is 0 Å². The van der Waals surface area contributed by atoms with Crippen molar-refractivity contribution in [1.82, 2.24) is 4.90 Å². The summed E-state index contributed by atoms with van der Waals surface area (Å²) >= 11 is 0. The third-order valence-corrected chi connectivity index (χ3v) is 3.71. The van der Waals surface area contributed by atoms with Crippen molar-refractivity contribution in [3.63, 3.8) is 0 Å². The molecule has 1 heterocycles. The summed E-state index contributed by atoms with van der Waals surface area (Å²) in [5.41, 5.74) is 5.77. The number of carbonyl (C=O) groups excluding carboxylic acids is 1. The lowest BCUT2D eigenvalue weighted by atomic mass is 9.84. The highest BCUT2D eigenvalue weighted by Crippen LogP contribution is 2.27. The first-order chi connectivity index (χ1) is 7.46. The summed E-state index contributed by atoms with van der Waals surface area (Å²) < 4.78 is 0. The summed E-state index contributed by atoms with van der Waals surface area (Å²) in [5, 5.41) is 0. The predicted molar refractivity (Wildman–Crippen MR) is 67.1 cm³/mol. The molecule has 0 aromatic rings. The Labute approximate surface area is 99.4 Å². The van der Waals surface area contributed by atoms with Crippen LogP contribution in [0.5, 0.6) is 0 Å². The Balaban J connectivity index is 2.34. The largest absolute Gasteiger partial charge is 0.340 e. The van der Waals surface area contributed by atoms with Crippen LogP contribution in [0.1, 0.15) is 52.9 Å². The summed E-state index contributed by atoms with van der Waals surface area (Å²) in [4.78, 5) is 14.0. The number of hydrogen-bond donors (Lipinski definition) is 1. The molecule has 0 aliphatic carbocycles. The first-order valence-electron chi connectivity index (χ1n) is 6.46. The highest BCUT2D eigenvalue weighted by atomic mass is 16.2. The van der Waals surface area contributed by atoms with Crippen molar-refractivity contribution >= 4 is 5.91 Å². The van der Waals surface area contributed by atoms with E-state index in [1.165, 1.54) is 6.42 Å². The van der Waals surface area contributed by atoms with Crippen LogP contribution in [0.3, 0.4) is 0 Å². The van der Waals surface area contributed by atoms with E-state index in [1.54, 1.807) is 0 Å². The van der Waals surface area contributed by atoms with E-state index in [9.17, 15) is 4.79 Å². The molecule has 3 heteroatoms. The van der Waals surface area contributed by atoms with E-state index in [-0.39, 0.29) is 5.41 Å². The van der Waals surface area contributed by atoms with Gasteiger partial charge in [0, 0.05) is 19.0 Å². The van der Waals surface area contributed by atoms with Gasteiger partial charge in [-0.2, -0.15) is 0 Å². The van der Waals surface area contributed by atoms with E-state index in [0.29, 0.717) is 24.9 Å². The topological polar surface area (TPSA) is 46.3 Å². The zero-order chi connectivity index (χ0) is 12.2. The lowest BCUT2D eigenvalue weighted by molar-refractivity contribution is -0.132. The Bertz CT molecular complexity index is 238. The van der Waals surface area contributed by atoms with Crippen molar-refractivity contribution in [1.29, 1.82) is 0 Å². The smallest absolute Gasteiger partial charge is 0.222 e. The molecule has 1 aliphatic heterocycles. The maximum Gasteiger partial charge on any atom is 0.222 e. The van der Waals surface area contributed by atoms with Gasteiger partial charge >= 0.3 is 0 Å². The van der Waals surface area contributed by atoms with Crippen LogP contribution in [0, 0.1) is 5.41 Å².